The highest BCUT2D eigenvalue weighted by Crippen LogP contribution is 2.39. The number of carboxylic acids is 1. The maximum absolute atomic E-state index is 11.4. The first kappa shape index (κ1) is 9.30. The molecule has 5 heteroatoms. The summed E-state index contributed by atoms with van der Waals surface area (Å²) in [5.41, 5.74) is -0.961. The van der Waals surface area contributed by atoms with E-state index in [1.165, 1.54) is 4.90 Å². The molecule has 1 saturated carbocycles. The second kappa shape index (κ2) is 3.15. The number of hydrogen-bond acceptors (Lipinski definition) is 3. The summed E-state index contributed by atoms with van der Waals surface area (Å²) in [5, 5.41) is 9.10. The number of ether oxygens (including phenoxy) is 1. The van der Waals surface area contributed by atoms with Gasteiger partial charge in [-0.1, -0.05) is 0 Å². The van der Waals surface area contributed by atoms with Crippen molar-refractivity contribution in [3.63, 3.8) is 0 Å². The molecule has 2 fully saturated rings. The van der Waals surface area contributed by atoms with Crippen LogP contribution in [0.3, 0.4) is 0 Å². The lowest BCUT2D eigenvalue weighted by Crippen LogP contribution is -2.62. The lowest BCUT2D eigenvalue weighted by Gasteiger charge is -2.47. The van der Waals surface area contributed by atoms with Crippen molar-refractivity contribution in [1.82, 2.24) is 4.90 Å². The first-order valence-electron chi connectivity index (χ1n) is 4.85. The molecular formula is C9H13NO4. The van der Waals surface area contributed by atoms with Crippen LogP contribution < -0.4 is 0 Å². The molecule has 1 aliphatic heterocycles. The lowest BCUT2D eigenvalue weighted by molar-refractivity contribution is -0.158. The van der Waals surface area contributed by atoms with Crippen LogP contribution >= 0.6 is 0 Å². The summed E-state index contributed by atoms with van der Waals surface area (Å²) >= 11 is 0. The summed E-state index contributed by atoms with van der Waals surface area (Å²) in [6.07, 6.45) is 2.23. The van der Waals surface area contributed by atoms with Crippen LogP contribution in [0.2, 0.25) is 0 Å². The highest BCUT2D eigenvalue weighted by atomic mass is 16.6. The molecule has 0 spiro atoms. The van der Waals surface area contributed by atoms with Gasteiger partial charge in [-0.25, -0.2) is 9.59 Å². The number of carbonyl (C=O) groups excluding carboxylic acids is 1. The van der Waals surface area contributed by atoms with E-state index in [1.807, 2.05) is 0 Å². The van der Waals surface area contributed by atoms with Crippen molar-refractivity contribution in [3.8, 4) is 0 Å². The van der Waals surface area contributed by atoms with Crippen LogP contribution in [-0.4, -0.2) is 40.8 Å². The maximum atomic E-state index is 11.4. The second-order valence-electron chi connectivity index (χ2n) is 3.81. The fourth-order valence-electron chi connectivity index (χ4n) is 2.05. The van der Waals surface area contributed by atoms with Crippen molar-refractivity contribution in [2.75, 3.05) is 13.2 Å². The van der Waals surface area contributed by atoms with E-state index < -0.39 is 17.6 Å². The zero-order chi connectivity index (χ0) is 10.2. The number of cyclic esters (lactones) is 1. The molecule has 2 aliphatic rings. The van der Waals surface area contributed by atoms with Crippen molar-refractivity contribution in [3.05, 3.63) is 0 Å². The Balaban J connectivity index is 2.18. The third-order valence-corrected chi connectivity index (χ3v) is 3.07. The molecule has 0 aromatic heterocycles. The number of hydrogen-bond donors (Lipinski definition) is 1. The van der Waals surface area contributed by atoms with Crippen LogP contribution in [-0.2, 0) is 9.53 Å². The van der Waals surface area contributed by atoms with Gasteiger partial charge in [-0.05, 0) is 25.7 Å². The first-order valence-corrected chi connectivity index (χ1v) is 4.85. The van der Waals surface area contributed by atoms with E-state index in [2.05, 4.69) is 0 Å². The molecule has 0 aromatic carbocycles. The topological polar surface area (TPSA) is 66.8 Å². The van der Waals surface area contributed by atoms with Gasteiger partial charge >= 0.3 is 12.1 Å². The highest BCUT2D eigenvalue weighted by Gasteiger charge is 2.52. The Hall–Kier alpha value is -1.26. The van der Waals surface area contributed by atoms with Crippen molar-refractivity contribution >= 4 is 12.1 Å². The summed E-state index contributed by atoms with van der Waals surface area (Å²) in [4.78, 5) is 23.9. The number of nitrogens with zero attached hydrogens (tertiary/aromatic N) is 1. The van der Waals surface area contributed by atoms with E-state index in [-0.39, 0.29) is 0 Å². The van der Waals surface area contributed by atoms with Gasteiger partial charge in [0.1, 0.15) is 5.54 Å². The molecule has 0 unspecified atom stereocenters. The van der Waals surface area contributed by atoms with Gasteiger partial charge in [-0.15, -0.1) is 0 Å². The fraction of sp³-hybridized carbons (Fsp3) is 0.778. The fourth-order valence-corrected chi connectivity index (χ4v) is 2.05. The summed E-state index contributed by atoms with van der Waals surface area (Å²) in [7, 11) is 0. The number of carboxylic acid groups (broad SMARTS) is 1. The maximum Gasteiger partial charge on any atom is 0.410 e. The Bertz CT molecular complexity index is 272. The summed E-state index contributed by atoms with van der Waals surface area (Å²) in [6.45, 7) is 0.913. The predicted octanol–water partition coefficient (Wildman–Crippen LogP) is 0.836. The Morgan fingerprint density at radius 3 is 2.57 bits per heavy atom. The summed E-state index contributed by atoms with van der Waals surface area (Å²) in [5.74, 6) is -0.900. The van der Waals surface area contributed by atoms with Gasteiger partial charge in [0.05, 0.1) is 6.61 Å². The Morgan fingerprint density at radius 1 is 1.43 bits per heavy atom. The molecular weight excluding hydrogens is 186 g/mol. The zero-order valence-electron chi connectivity index (χ0n) is 7.86. The molecule has 0 atom stereocenters. The molecule has 1 aliphatic carbocycles. The number of aliphatic carboxylic acids is 1. The minimum Gasteiger partial charge on any atom is -0.479 e. The van der Waals surface area contributed by atoms with Crippen LogP contribution in [0.5, 0.6) is 0 Å². The molecule has 1 amide bonds. The van der Waals surface area contributed by atoms with Gasteiger partial charge in [-0.2, -0.15) is 0 Å². The molecule has 2 rings (SSSR count). The Morgan fingerprint density at radius 2 is 2.14 bits per heavy atom. The van der Waals surface area contributed by atoms with E-state index in [4.69, 9.17) is 9.84 Å². The SMILES string of the molecule is O=C1OCCCN1C1(C(=O)O)CCC1. The molecule has 1 saturated heterocycles. The average Bonchev–Trinajstić information content (AvgIpc) is 2.05. The zero-order valence-corrected chi connectivity index (χ0v) is 7.86. The van der Waals surface area contributed by atoms with Crippen molar-refractivity contribution < 1.29 is 19.4 Å². The van der Waals surface area contributed by atoms with E-state index in [0.717, 1.165) is 12.8 Å². The minimum absolute atomic E-state index is 0.408. The van der Waals surface area contributed by atoms with Gasteiger partial charge in [0, 0.05) is 6.54 Å². The summed E-state index contributed by atoms with van der Waals surface area (Å²) < 4.78 is 4.85. The molecule has 14 heavy (non-hydrogen) atoms. The molecule has 1 N–H and O–H groups in total. The number of rotatable bonds is 2. The Kier molecular flexibility index (Phi) is 2.09. The van der Waals surface area contributed by atoms with Crippen molar-refractivity contribution in [2.45, 2.75) is 31.2 Å². The Labute approximate surface area is 81.6 Å². The molecule has 5 nitrogen and oxygen atoms in total. The highest BCUT2D eigenvalue weighted by molar-refractivity contribution is 5.85. The van der Waals surface area contributed by atoms with Crippen molar-refractivity contribution in [1.29, 1.82) is 0 Å². The van der Waals surface area contributed by atoms with Gasteiger partial charge in [0.15, 0.2) is 0 Å². The predicted molar refractivity (Wildman–Crippen MR) is 46.9 cm³/mol. The second-order valence-corrected chi connectivity index (χ2v) is 3.81. The van der Waals surface area contributed by atoms with Gasteiger partial charge in [0.25, 0.3) is 0 Å². The molecule has 0 bridgehead atoms. The number of amides is 1. The van der Waals surface area contributed by atoms with Crippen LogP contribution in [0.1, 0.15) is 25.7 Å². The monoisotopic (exact) mass is 199 g/mol. The normalized spacial score (nSPS) is 25.1. The summed E-state index contributed by atoms with van der Waals surface area (Å²) in [6, 6.07) is 0. The smallest absolute Gasteiger partial charge is 0.410 e. The van der Waals surface area contributed by atoms with Gasteiger partial charge in [0.2, 0.25) is 0 Å². The van der Waals surface area contributed by atoms with E-state index in [1.54, 1.807) is 0 Å². The lowest BCUT2D eigenvalue weighted by atomic mass is 9.75. The molecule has 78 valence electrons. The van der Waals surface area contributed by atoms with Crippen LogP contribution in [0, 0.1) is 0 Å². The van der Waals surface area contributed by atoms with Crippen LogP contribution in [0.15, 0.2) is 0 Å². The van der Waals surface area contributed by atoms with E-state index in [0.29, 0.717) is 26.0 Å². The van der Waals surface area contributed by atoms with E-state index in [9.17, 15) is 9.59 Å². The number of carbonyl (C=O) groups is 2. The van der Waals surface area contributed by atoms with Crippen molar-refractivity contribution in [2.24, 2.45) is 0 Å². The average molecular weight is 199 g/mol. The minimum atomic E-state index is -0.961. The third-order valence-electron chi connectivity index (χ3n) is 3.07. The van der Waals surface area contributed by atoms with Crippen LogP contribution in [0.4, 0.5) is 4.79 Å². The standard InChI is InChI=1S/C9H13NO4/c11-7(12)9(3-1-4-9)10-5-2-6-14-8(10)13/h1-6H2,(H,11,12). The molecule has 0 aromatic rings. The van der Waals surface area contributed by atoms with Gasteiger partial charge < -0.3 is 9.84 Å². The molecule has 1 heterocycles. The molecule has 0 radical (unpaired) electrons. The van der Waals surface area contributed by atoms with Crippen LogP contribution in [0.25, 0.3) is 0 Å². The first-order chi connectivity index (χ1) is 6.67. The van der Waals surface area contributed by atoms with E-state index >= 15 is 0 Å². The van der Waals surface area contributed by atoms with Gasteiger partial charge in [-0.3, -0.25) is 4.90 Å². The largest absolute Gasteiger partial charge is 0.479 e. The third kappa shape index (κ3) is 1.15. The quantitative estimate of drug-likeness (QED) is 0.715.